The summed E-state index contributed by atoms with van der Waals surface area (Å²) in [6, 6.07) is 4.64. The fourth-order valence-corrected chi connectivity index (χ4v) is 2.49. The summed E-state index contributed by atoms with van der Waals surface area (Å²) < 4.78 is 4.91. The molecule has 0 saturated carbocycles. The fourth-order valence-electron chi connectivity index (χ4n) is 1.92. The Bertz CT molecular complexity index is 751. The van der Waals surface area contributed by atoms with Crippen LogP contribution in [-0.2, 0) is 9.53 Å². The lowest BCUT2D eigenvalue weighted by Crippen LogP contribution is -2.31. The molecule has 0 unspecified atom stereocenters. The first-order chi connectivity index (χ1) is 11.4. The second kappa shape index (κ2) is 8.08. The van der Waals surface area contributed by atoms with Gasteiger partial charge in [0.2, 0.25) is 0 Å². The summed E-state index contributed by atoms with van der Waals surface area (Å²) >= 11 is 11.9. The van der Waals surface area contributed by atoms with Gasteiger partial charge in [0.15, 0.2) is 12.3 Å². The van der Waals surface area contributed by atoms with Crippen molar-refractivity contribution < 1.29 is 14.3 Å². The molecule has 1 atom stereocenters. The molecule has 0 saturated heterocycles. The highest BCUT2D eigenvalue weighted by Crippen LogP contribution is 2.25. The third-order valence-corrected chi connectivity index (χ3v) is 3.69. The van der Waals surface area contributed by atoms with E-state index in [1.165, 1.54) is 12.4 Å². The van der Waals surface area contributed by atoms with Crippen LogP contribution in [0.1, 0.15) is 34.7 Å². The molecular weight excluding hydrogens is 353 g/mol. The smallest absolute Gasteiger partial charge is 0.359 e. The Hall–Kier alpha value is -2.18. The average Bonchev–Trinajstić information content (AvgIpc) is 2.53. The van der Waals surface area contributed by atoms with Crippen LogP contribution in [0.15, 0.2) is 30.6 Å². The Kier molecular flexibility index (Phi) is 6.11. The maximum Gasteiger partial charge on any atom is 0.359 e. The molecule has 0 aliphatic heterocycles. The number of nitrogens with zero attached hydrogens (tertiary/aromatic N) is 2. The second-order valence-corrected chi connectivity index (χ2v) is 5.92. The van der Waals surface area contributed by atoms with Crippen molar-refractivity contribution >= 4 is 35.1 Å². The van der Waals surface area contributed by atoms with Gasteiger partial charge in [-0.25, -0.2) is 9.78 Å². The number of rotatable bonds is 5. The van der Waals surface area contributed by atoms with Gasteiger partial charge in [0.1, 0.15) is 0 Å². The van der Waals surface area contributed by atoms with E-state index < -0.39 is 18.5 Å². The van der Waals surface area contributed by atoms with Gasteiger partial charge in [0, 0.05) is 16.2 Å². The van der Waals surface area contributed by atoms with E-state index >= 15 is 0 Å². The molecule has 1 aromatic heterocycles. The van der Waals surface area contributed by atoms with Gasteiger partial charge in [0.25, 0.3) is 5.91 Å². The molecule has 2 rings (SSSR count). The number of carbonyl (C=O) groups excluding carboxylic acids is 2. The molecule has 1 N–H and O–H groups in total. The normalized spacial score (nSPS) is 11.7. The van der Waals surface area contributed by atoms with Gasteiger partial charge >= 0.3 is 5.97 Å². The largest absolute Gasteiger partial charge is 0.451 e. The molecule has 24 heavy (non-hydrogen) atoms. The molecule has 126 valence electrons. The van der Waals surface area contributed by atoms with Gasteiger partial charge in [-0.3, -0.25) is 9.78 Å². The molecule has 0 aliphatic rings. The van der Waals surface area contributed by atoms with E-state index in [0.717, 1.165) is 0 Å². The second-order valence-electron chi connectivity index (χ2n) is 5.07. The van der Waals surface area contributed by atoms with Gasteiger partial charge in [-0.05, 0) is 31.5 Å². The molecule has 0 aliphatic carbocycles. The summed E-state index contributed by atoms with van der Waals surface area (Å²) in [5.41, 5.74) is 1.44. The van der Waals surface area contributed by atoms with Crippen molar-refractivity contribution in [1.29, 1.82) is 0 Å². The number of ether oxygens (including phenoxy) is 1. The number of aromatic nitrogens is 2. The van der Waals surface area contributed by atoms with E-state index in [2.05, 4.69) is 15.3 Å². The molecule has 0 bridgehead atoms. The summed E-state index contributed by atoms with van der Waals surface area (Å²) in [6.45, 7) is 3.09. The molecule has 0 radical (unpaired) electrons. The van der Waals surface area contributed by atoms with Crippen LogP contribution in [0.4, 0.5) is 0 Å². The zero-order valence-corrected chi connectivity index (χ0v) is 14.6. The van der Waals surface area contributed by atoms with E-state index in [4.69, 9.17) is 27.9 Å². The Balaban J connectivity index is 1.88. The Labute approximate surface area is 149 Å². The maximum absolute atomic E-state index is 11.9. The van der Waals surface area contributed by atoms with Crippen LogP contribution in [0.2, 0.25) is 10.0 Å². The van der Waals surface area contributed by atoms with Crippen molar-refractivity contribution in [2.45, 2.75) is 19.9 Å². The van der Waals surface area contributed by atoms with Crippen LogP contribution in [0.3, 0.4) is 0 Å². The minimum Gasteiger partial charge on any atom is -0.451 e. The van der Waals surface area contributed by atoms with Gasteiger partial charge < -0.3 is 10.1 Å². The summed E-state index contributed by atoms with van der Waals surface area (Å²) in [4.78, 5) is 31.5. The van der Waals surface area contributed by atoms with E-state index in [1.807, 2.05) is 0 Å². The topological polar surface area (TPSA) is 81.2 Å². The van der Waals surface area contributed by atoms with Crippen molar-refractivity contribution in [1.82, 2.24) is 15.3 Å². The van der Waals surface area contributed by atoms with Gasteiger partial charge in [-0.15, -0.1) is 0 Å². The number of amides is 1. The summed E-state index contributed by atoms with van der Waals surface area (Å²) in [5.74, 6) is -1.17. The highest BCUT2D eigenvalue weighted by molar-refractivity contribution is 6.35. The lowest BCUT2D eigenvalue weighted by molar-refractivity contribution is -0.124. The number of aryl methyl sites for hydroxylation is 1. The zero-order chi connectivity index (χ0) is 17.7. The van der Waals surface area contributed by atoms with Crippen LogP contribution in [0.25, 0.3) is 0 Å². The zero-order valence-electron chi connectivity index (χ0n) is 13.0. The Morgan fingerprint density at radius 3 is 2.62 bits per heavy atom. The molecule has 6 nitrogen and oxygen atoms in total. The van der Waals surface area contributed by atoms with Crippen LogP contribution < -0.4 is 5.32 Å². The molecular formula is C16H15Cl2N3O3. The van der Waals surface area contributed by atoms with Crippen LogP contribution in [-0.4, -0.2) is 28.5 Å². The highest BCUT2D eigenvalue weighted by Gasteiger charge is 2.16. The van der Waals surface area contributed by atoms with Gasteiger partial charge in [-0.1, -0.05) is 29.3 Å². The summed E-state index contributed by atoms with van der Waals surface area (Å²) in [7, 11) is 0. The molecule has 1 heterocycles. The SMILES string of the molecule is Cc1cnc(C(=O)OCC(=O)N[C@@H](C)c2ccc(Cl)cc2Cl)cn1. The number of benzene rings is 1. The predicted octanol–water partition coefficient (Wildman–Crippen LogP) is 3.13. The quantitative estimate of drug-likeness (QED) is 0.821. The van der Waals surface area contributed by atoms with Crippen molar-refractivity contribution in [3.8, 4) is 0 Å². The third-order valence-electron chi connectivity index (χ3n) is 3.13. The summed E-state index contributed by atoms with van der Waals surface area (Å²) in [6.07, 6.45) is 2.74. The van der Waals surface area contributed by atoms with Crippen LogP contribution in [0.5, 0.6) is 0 Å². The van der Waals surface area contributed by atoms with Crippen molar-refractivity contribution in [2.24, 2.45) is 0 Å². The number of esters is 1. The van der Waals surface area contributed by atoms with Crippen molar-refractivity contribution in [2.75, 3.05) is 6.61 Å². The Morgan fingerprint density at radius 1 is 1.25 bits per heavy atom. The number of nitrogens with one attached hydrogen (secondary N) is 1. The predicted molar refractivity (Wildman–Crippen MR) is 90.1 cm³/mol. The van der Waals surface area contributed by atoms with Crippen molar-refractivity contribution in [3.05, 3.63) is 57.6 Å². The maximum atomic E-state index is 11.9. The first-order valence-electron chi connectivity index (χ1n) is 7.07. The average molecular weight is 368 g/mol. The number of halogens is 2. The molecule has 0 fully saturated rings. The standard InChI is InChI=1S/C16H15Cl2N3O3/c1-9-6-20-14(7-19-9)16(23)24-8-15(22)21-10(2)12-4-3-11(17)5-13(12)18/h3-7,10H,8H2,1-2H3,(H,21,22)/t10-/m0/s1. The highest BCUT2D eigenvalue weighted by atomic mass is 35.5. The van der Waals surface area contributed by atoms with Gasteiger partial charge in [0.05, 0.1) is 17.9 Å². The first kappa shape index (κ1) is 18.2. The lowest BCUT2D eigenvalue weighted by atomic mass is 10.1. The van der Waals surface area contributed by atoms with Crippen LogP contribution >= 0.6 is 23.2 Å². The minimum atomic E-state index is -0.713. The van der Waals surface area contributed by atoms with Crippen LogP contribution in [0, 0.1) is 6.92 Å². The number of hydrogen-bond acceptors (Lipinski definition) is 5. The molecule has 0 spiro atoms. The van der Waals surface area contributed by atoms with E-state index in [9.17, 15) is 9.59 Å². The third kappa shape index (κ3) is 4.91. The summed E-state index contributed by atoms with van der Waals surface area (Å²) in [5, 5.41) is 3.65. The van der Waals surface area contributed by atoms with E-state index in [1.54, 1.807) is 32.0 Å². The number of carbonyl (C=O) groups is 2. The monoisotopic (exact) mass is 367 g/mol. The van der Waals surface area contributed by atoms with E-state index in [-0.39, 0.29) is 11.7 Å². The van der Waals surface area contributed by atoms with Gasteiger partial charge in [-0.2, -0.15) is 0 Å². The minimum absolute atomic E-state index is 0.0437. The number of hydrogen-bond donors (Lipinski definition) is 1. The fraction of sp³-hybridized carbons (Fsp3) is 0.250. The van der Waals surface area contributed by atoms with Crippen molar-refractivity contribution in [3.63, 3.8) is 0 Å². The molecule has 8 heteroatoms. The first-order valence-corrected chi connectivity index (χ1v) is 7.82. The molecule has 2 aromatic rings. The molecule has 1 amide bonds. The Morgan fingerprint density at radius 2 is 2.00 bits per heavy atom. The van der Waals surface area contributed by atoms with E-state index in [0.29, 0.717) is 21.3 Å². The molecule has 1 aromatic carbocycles. The lowest BCUT2D eigenvalue weighted by Gasteiger charge is -2.16.